The fraction of sp³-hybridized carbons (Fsp3) is 0.273. The van der Waals surface area contributed by atoms with Gasteiger partial charge in [-0.3, -0.25) is 0 Å². The van der Waals surface area contributed by atoms with E-state index in [4.69, 9.17) is 0 Å². The highest BCUT2D eigenvalue weighted by molar-refractivity contribution is 5.46. The fourth-order valence-corrected chi connectivity index (χ4v) is 1.06. The first-order valence-electron chi connectivity index (χ1n) is 4.16. The van der Waals surface area contributed by atoms with E-state index in [9.17, 15) is 0 Å². The van der Waals surface area contributed by atoms with E-state index in [1.165, 1.54) is 5.69 Å². The number of hydrogen-bond acceptors (Lipinski definition) is 1. The van der Waals surface area contributed by atoms with Crippen LogP contribution in [0.2, 0.25) is 0 Å². The van der Waals surface area contributed by atoms with Crippen molar-refractivity contribution in [3.05, 3.63) is 43.0 Å². The Hall–Kier alpha value is -1.24. The molecule has 64 valence electrons. The van der Waals surface area contributed by atoms with Crippen molar-refractivity contribution >= 4 is 5.69 Å². The van der Waals surface area contributed by atoms with Gasteiger partial charge in [0.25, 0.3) is 0 Å². The van der Waals surface area contributed by atoms with Gasteiger partial charge in [0.15, 0.2) is 0 Å². The second-order valence-electron chi connectivity index (χ2n) is 2.92. The summed E-state index contributed by atoms with van der Waals surface area (Å²) in [5.74, 6) is 0. The lowest BCUT2D eigenvalue weighted by molar-refractivity contribution is 0.825. The number of hydrogen-bond donors (Lipinski definition) is 0. The van der Waals surface area contributed by atoms with Crippen molar-refractivity contribution < 1.29 is 0 Å². The third-order valence-electron chi connectivity index (χ3n) is 2.12. The van der Waals surface area contributed by atoms with Gasteiger partial charge in [0.1, 0.15) is 0 Å². The number of para-hydroxylation sites is 1. The third kappa shape index (κ3) is 1.88. The minimum absolute atomic E-state index is 0.382. The Labute approximate surface area is 74.3 Å². The molecule has 0 heterocycles. The van der Waals surface area contributed by atoms with E-state index in [0.717, 1.165) is 0 Å². The Bertz CT molecular complexity index is 240. The maximum absolute atomic E-state index is 3.77. The van der Waals surface area contributed by atoms with E-state index in [-0.39, 0.29) is 0 Å². The maximum atomic E-state index is 3.77. The number of likely N-dealkylation sites (N-methyl/N-ethyl adjacent to an activating group) is 1. The molecule has 0 aromatic heterocycles. The van der Waals surface area contributed by atoms with Crippen LogP contribution >= 0.6 is 0 Å². The molecule has 1 aromatic carbocycles. The van der Waals surface area contributed by atoms with Crippen LogP contribution in [-0.2, 0) is 0 Å². The summed E-state index contributed by atoms with van der Waals surface area (Å²) < 4.78 is 0. The Morgan fingerprint density at radius 2 is 1.92 bits per heavy atom. The largest absolute Gasteiger partial charge is 0.368 e. The molecule has 0 radical (unpaired) electrons. The van der Waals surface area contributed by atoms with E-state index in [1.54, 1.807) is 0 Å². The highest BCUT2D eigenvalue weighted by Gasteiger charge is 2.03. The molecule has 1 nitrogen and oxygen atoms in total. The van der Waals surface area contributed by atoms with Crippen LogP contribution in [0.25, 0.3) is 0 Å². The molecular weight excluding hydrogens is 146 g/mol. The Kier molecular flexibility index (Phi) is 2.92. The van der Waals surface area contributed by atoms with Crippen molar-refractivity contribution in [3.8, 4) is 0 Å². The lowest BCUT2D eigenvalue weighted by atomic mass is 10.2. The molecule has 0 fully saturated rings. The van der Waals surface area contributed by atoms with Gasteiger partial charge in [-0.15, -0.1) is 6.58 Å². The molecule has 0 bridgehead atoms. The molecule has 0 N–H and O–H groups in total. The molecule has 0 saturated carbocycles. The second-order valence-corrected chi connectivity index (χ2v) is 2.92. The van der Waals surface area contributed by atoms with Crippen molar-refractivity contribution in [2.45, 2.75) is 13.0 Å². The standard InChI is InChI=1S/C11H15N/c1-4-10(2)12(3)11-8-6-5-7-9-11/h4-10H,1H2,2-3H3. The monoisotopic (exact) mass is 161 g/mol. The second kappa shape index (κ2) is 3.96. The SMILES string of the molecule is C=CC(C)N(C)c1ccccc1. The van der Waals surface area contributed by atoms with Crippen LogP contribution in [0.1, 0.15) is 6.92 Å². The normalized spacial score (nSPS) is 12.2. The minimum atomic E-state index is 0.382. The van der Waals surface area contributed by atoms with Crippen LogP contribution in [0.5, 0.6) is 0 Å². The van der Waals surface area contributed by atoms with Crippen molar-refractivity contribution in [3.63, 3.8) is 0 Å². The fourth-order valence-electron chi connectivity index (χ4n) is 1.06. The zero-order valence-corrected chi connectivity index (χ0v) is 7.70. The summed E-state index contributed by atoms with van der Waals surface area (Å²) in [6.45, 7) is 5.89. The zero-order chi connectivity index (χ0) is 8.97. The van der Waals surface area contributed by atoms with Crippen LogP contribution in [0, 0.1) is 0 Å². The first-order valence-corrected chi connectivity index (χ1v) is 4.16. The van der Waals surface area contributed by atoms with Crippen LogP contribution < -0.4 is 4.90 Å². The van der Waals surface area contributed by atoms with Crippen LogP contribution in [0.15, 0.2) is 43.0 Å². The van der Waals surface area contributed by atoms with Gasteiger partial charge in [-0.1, -0.05) is 24.3 Å². The highest BCUT2D eigenvalue weighted by atomic mass is 15.1. The molecule has 1 unspecified atom stereocenters. The Morgan fingerprint density at radius 3 is 2.42 bits per heavy atom. The third-order valence-corrected chi connectivity index (χ3v) is 2.12. The molecule has 1 atom stereocenters. The molecule has 1 rings (SSSR count). The molecule has 12 heavy (non-hydrogen) atoms. The topological polar surface area (TPSA) is 3.24 Å². The lowest BCUT2D eigenvalue weighted by Crippen LogP contribution is -2.26. The molecule has 0 amide bonds. The van der Waals surface area contributed by atoms with Crippen LogP contribution in [-0.4, -0.2) is 13.1 Å². The summed E-state index contributed by atoms with van der Waals surface area (Å²) in [7, 11) is 2.07. The summed E-state index contributed by atoms with van der Waals surface area (Å²) in [5.41, 5.74) is 1.23. The van der Waals surface area contributed by atoms with Crippen molar-refractivity contribution in [1.29, 1.82) is 0 Å². The van der Waals surface area contributed by atoms with Crippen molar-refractivity contribution in [2.75, 3.05) is 11.9 Å². The predicted octanol–water partition coefficient (Wildman–Crippen LogP) is 2.70. The van der Waals surface area contributed by atoms with Gasteiger partial charge in [0.2, 0.25) is 0 Å². The summed E-state index contributed by atoms with van der Waals surface area (Å²) in [4.78, 5) is 2.19. The van der Waals surface area contributed by atoms with Crippen LogP contribution in [0.4, 0.5) is 5.69 Å². The Balaban J connectivity index is 2.78. The molecule has 0 aliphatic heterocycles. The summed E-state index contributed by atoms with van der Waals surface area (Å²) >= 11 is 0. The van der Waals surface area contributed by atoms with Gasteiger partial charge in [-0.05, 0) is 19.1 Å². The molecule has 1 heteroatoms. The van der Waals surface area contributed by atoms with Crippen molar-refractivity contribution in [1.82, 2.24) is 0 Å². The zero-order valence-electron chi connectivity index (χ0n) is 7.70. The molecule has 0 saturated heterocycles. The molecular formula is C11H15N. The van der Waals surface area contributed by atoms with E-state index in [2.05, 4.69) is 37.6 Å². The van der Waals surface area contributed by atoms with Gasteiger partial charge in [0, 0.05) is 18.8 Å². The van der Waals surface area contributed by atoms with Crippen molar-refractivity contribution in [2.24, 2.45) is 0 Å². The highest BCUT2D eigenvalue weighted by Crippen LogP contribution is 2.13. The predicted molar refractivity (Wildman–Crippen MR) is 54.5 cm³/mol. The molecule has 0 spiro atoms. The number of rotatable bonds is 3. The van der Waals surface area contributed by atoms with Gasteiger partial charge in [-0.25, -0.2) is 0 Å². The average molecular weight is 161 g/mol. The first kappa shape index (κ1) is 8.85. The molecule has 1 aromatic rings. The van der Waals surface area contributed by atoms with Gasteiger partial charge in [-0.2, -0.15) is 0 Å². The molecule has 0 aliphatic carbocycles. The first-order chi connectivity index (χ1) is 5.75. The lowest BCUT2D eigenvalue weighted by Gasteiger charge is -2.24. The van der Waals surface area contributed by atoms with E-state index in [0.29, 0.717) is 6.04 Å². The van der Waals surface area contributed by atoms with E-state index < -0.39 is 0 Å². The summed E-state index contributed by atoms with van der Waals surface area (Å²) in [5, 5.41) is 0. The van der Waals surface area contributed by atoms with Gasteiger partial charge in [0.05, 0.1) is 0 Å². The maximum Gasteiger partial charge on any atom is 0.0438 e. The molecule has 0 aliphatic rings. The summed E-state index contributed by atoms with van der Waals surface area (Å²) in [6.07, 6.45) is 1.94. The quantitative estimate of drug-likeness (QED) is 0.616. The number of nitrogens with zero attached hydrogens (tertiary/aromatic N) is 1. The number of benzene rings is 1. The van der Waals surface area contributed by atoms with E-state index in [1.807, 2.05) is 24.3 Å². The Morgan fingerprint density at radius 1 is 1.33 bits per heavy atom. The van der Waals surface area contributed by atoms with Gasteiger partial charge >= 0.3 is 0 Å². The van der Waals surface area contributed by atoms with Gasteiger partial charge < -0.3 is 4.90 Å². The average Bonchev–Trinajstić information content (AvgIpc) is 2.17. The smallest absolute Gasteiger partial charge is 0.0438 e. The van der Waals surface area contributed by atoms with Crippen LogP contribution in [0.3, 0.4) is 0 Å². The summed E-state index contributed by atoms with van der Waals surface area (Å²) in [6, 6.07) is 10.7. The minimum Gasteiger partial charge on any atom is -0.368 e. The number of anilines is 1. The van der Waals surface area contributed by atoms with E-state index >= 15 is 0 Å².